The van der Waals surface area contributed by atoms with E-state index in [1.54, 1.807) is 30.3 Å². The van der Waals surface area contributed by atoms with E-state index in [1.165, 1.54) is 10.6 Å². The van der Waals surface area contributed by atoms with E-state index in [2.05, 4.69) is 5.32 Å². The van der Waals surface area contributed by atoms with Crippen molar-refractivity contribution in [3.8, 4) is 0 Å². The lowest BCUT2D eigenvalue weighted by Crippen LogP contribution is -2.32. The fourth-order valence-electron chi connectivity index (χ4n) is 2.11. The molecule has 0 saturated heterocycles. The molecule has 1 amide bonds. The van der Waals surface area contributed by atoms with Gasteiger partial charge in [-0.15, -0.1) is 0 Å². The van der Waals surface area contributed by atoms with E-state index in [0.717, 1.165) is 11.8 Å². The van der Waals surface area contributed by atoms with Crippen LogP contribution >= 0.6 is 11.6 Å². The molecule has 2 aromatic rings. The number of amides is 1. The summed E-state index contributed by atoms with van der Waals surface area (Å²) in [5.74, 6) is 0.236. The molecule has 0 bridgehead atoms. The molecule has 2 rings (SSSR count). The number of sulfonamides is 1. The van der Waals surface area contributed by atoms with Gasteiger partial charge in [0.1, 0.15) is 5.76 Å². The molecule has 1 heterocycles. The first-order valence-electron chi connectivity index (χ1n) is 7.29. The average molecular weight is 371 g/mol. The first-order chi connectivity index (χ1) is 11.3. The predicted molar refractivity (Wildman–Crippen MR) is 93.4 cm³/mol. The van der Waals surface area contributed by atoms with Gasteiger partial charge in [-0.05, 0) is 36.8 Å². The van der Waals surface area contributed by atoms with Crippen molar-refractivity contribution in [3.63, 3.8) is 0 Å². The highest BCUT2D eigenvalue weighted by atomic mass is 35.5. The minimum atomic E-state index is -3.45. The van der Waals surface area contributed by atoms with Crippen LogP contribution in [0.15, 0.2) is 41.0 Å². The quantitative estimate of drug-likeness (QED) is 0.812. The molecule has 0 aliphatic carbocycles. The van der Waals surface area contributed by atoms with E-state index in [4.69, 9.17) is 16.0 Å². The molecule has 24 heavy (non-hydrogen) atoms. The molecule has 0 unspecified atom stereocenters. The molecule has 1 aromatic carbocycles. The van der Waals surface area contributed by atoms with Crippen molar-refractivity contribution in [2.45, 2.75) is 19.9 Å². The molecule has 0 aliphatic heterocycles. The molecule has 8 heteroatoms. The lowest BCUT2D eigenvalue weighted by atomic mass is 10.2. The zero-order valence-electron chi connectivity index (χ0n) is 13.5. The summed E-state index contributed by atoms with van der Waals surface area (Å²) in [6.07, 6.45) is 2.61. The van der Waals surface area contributed by atoms with Crippen molar-refractivity contribution in [2.24, 2.45) is 0 Å². The van der Waals surface area contributed by atoms with E-state index in [9.17, 15) is 13.2 Å². The molecule has 0 saturated carbocycles. The molecule has 6 nitrogen and oxygen atoms in total. The molecular weight excluding hydrogens is 352 g/mol. The third-order valence-electron chi connectivity index (χ3n) is 3.44. The molecule has 0 fully saturated rings. The summed E-state index contributed by atoms with van der Waals surface area (Å²) in [6.45, 7) is 2.01. The third-order valence-corrected chi connectivity index (χ3v) is 4.93. The minimum absolute atomic E-state index is 0.0275. The van der Waals surface area contributed by atoms with Crippen LogP contribution in [0.3, 0.4) is 0 Å². The van der Waals surface area contributed by atoms with Crippen molar-refractivity contribution in [3.05, 3.63) is 52.9 Å². The van der Waals surface area contributed by atoms with Gasteiger partial charge in [0, 0.05) is 23.7 Å². The van der Waals surface area contributed by atoms with Gasteiger partial charge in [0.2, 0.25) is 15.9 Å². The van der Waals surface area contributed by atoms with Crippen LogP contribution in [-0.4, -0.2) is 31.4 Å². The van der Waals surface area contributed by atoms with Crippen molar-refractivity contribution in [2.75, 3.05) is 18.1 Å². The SMILES string of the molecule is Cc1ccc(Cl)cc1NC(=O)CCN(Cc1ccco1)S(C)(=O)=O. The number of nitrogens with one attached hydrogen (secondary N) is 1. The Morgan fingerprint density at radius 2 is 2.08 bits per heavy atom. The highest BCUT2D eigenvalue weighted by molar-refractivity contribution is 7.88. The number of furan rings is 1. The maximum Gasteiger partial charge on any atom is 0.225 e. The Balaban J connectivity index is 1.98. The lowest BCUT2D eigenvalue weighted by Gasteiger charge is -2.18. The standard InChI is InChI=1S/C16H19ClN2O4S/c1-12-5-6-13(17)10-15(12)18-16(20)7-8-19(24(2,21)22)11-14-4-3-9-23-14/h3-6,9-10H,7-8,11H2,1-2H3,(H,18,20). The number of aryl methyl sites for hydroxylation is 1. The monoisotopic (exact) mass is 370 g/mol. The van der Waals surface area contributed by atoms with E-state index in [1.807, 2.05) is 6.92 Å². The van der Waals surface area contributed by atoms with Crippen molar-refractivity contribution < 1.29 is 17.6 Å². The van der Waals surface area contributed by atoms with E-state index in [0.29, 0.717) is 16.5 Å². The van der Waals surface area contributed by atoms with Gasteiger partial charge in [-0.25, -0.2) is 8.42 Å². The summed E-state index contributed by atoms with van der Waals surface area (Å²) in [5.41, 5.74) is 1.49. The second-order valence-electron chi connectivity index (χ2n) is 5.43. The normalized spacial score (nSPS) is 11.7. The second kappa shape index (κ2) is 7.83. The molecule has 130 valence electrons. The highest BCUT2D eigenvalue weighted by Gasteiger charge is 2.19. The topological polar surface area (TPSA) is 79.6 Å². The van der Waals surface area contributed by atoms with E-state index < -0.39 is 10.0 Å². The Bertz CT molecular complexity index is 803. The fourth-order valence-corrected chi connectivity index (χ4v) is 3.06. The number of halogens is 1. The van der Waals surface area contributed by atoms with Crippen molar-refractivity contribution >= 4 is 33.2 Å². The summed E-state index contributed by atoms with van der Waals surface area (Å²) in [7, 11) is -3.45. The van der Waals surface area contributed by atoms with Gasteiger partial charge in [-0.2, -0.15) is 4.31 Å². The molecule has 1 N–H and O–H groups in total. The fraction of sp³-hybridized carbons (Fsp3) is 0.312. The summed E-state index contributed by atoms with van der Waals surface area (Å²) >= 11 is 5.92. The van der Waals surface area contributed by atoms with Gasteiger partial charge in [0.25, 0.3) is 0 Å². The zero-order valence-corrected chi connectivity index (χ0v) is 15.0. The van der Waals surface area contributed by atoms with Crippen molar-refractivity contribution in [1.82, 2.24) is 4.31 Å². The number of carbonyl (C=O) groups excluding carboxylic acids is 1. The highest BCUT2D eigenvalue weighted by Crippen LogP contribution is 2.20. The van der Waals surface area contributed by atoms with Crippen LogP contribution in [0, 0.1) is 6.92 Å². The number of hydrogen-bond acceptors (Lipinski definition) is 4. The summed E-state index contributed by atoms with van der Waals surface area (Å²) in [5, 5.41) is 3.27. The molecule has 1 aromatic heterocycles. The van der Waals surface area contributed by atoms with Gasteiger partial charge in [-0.3, -0.25) is 4.79 Å². The van der Waals surface area contributed by atoms with Gasteiger partial charge in [0.15, 0.2) is 0 Å². The Morgan fingerprint density at radius 1 is 1.33 bits per heavy atom. The van der Waals surface area contributed by atoms with Crippen LogP contribution in [0.4, 0.5) is 5.69 Å². The third kappa shape index (κ3) is 5.36. The van der Waals surface area contributed by atoms with E-state index >= 15 is 0 Å². The Kier molecular flexibility index (Phi) is 6.04. The van der Waals surface area contributed by atoms with Crippen LogP contribution in [-0.2, 0) is 21.4 Å². The maximum atomic E-state index is 12.1. The van der Waals surface area contributed by atoms with Gasteiger partial charge in [0.05, 0.1) is 19.1 Å². The predicted octanol–water partition coefficient (Wildman–Crippen LogP) is 3.03. The summed E-state index contributed by atoms with van der Waals surface area (Å²) < 4.78 is 30.1. The van der Waals surface area contributed by atoms with Crippen molar-refractivity contribution in [1.29, 1.82) is 0 Å². The number of hydrogen-bond donors (Lipinski definition) is 1. The number of nitrogens with zero attached hydrogens (tertiary/aromatic N) is 1. The maximum absolute atomic E-state index is 12.1. The van der Waals surface area contributed by atoms with Crippen LogP contribution in [0.5, 0.6) is 0 Å². The van der Waals surface area contributed by atoms with Gasteiger partial charge < -0.3 is 9.73 Å². The second-order valence-corrected chi connectivity index (χ2v) is 7.85. The molecule has 0 radical (unpaired) electrons. The minimum Gasteiger partial charge on any atom is -0.468 e. The zero-order chi connectivity index (χ0) is 17.7. The average Bonchev–Trinajstić information content (AvgIpc) is 2.99. The van der Waals surface area contributed by atoms with Crippen LogP contribution in [0.2, 0.25) is 5.02 Å². The van der Waals surface area contributed by atoms with Gasteiger partial charge in [-0.1, -0.05) is 17.7 Å². The molecular formula is C16H19ClN2O4S. The van der Waals surface area contributed by atoms with Crippen LogP contribution in [0.1, 0.15) is 17.7 Å². The summed E-state index contributed by atoms with van der Waals surface area (Å²) in [4.78, 5) is 12.1. The number of benzene rings is 1. The number of carbonyl (C=O) groups is 1. The molecule has 0 spiro atoms. The first-order valence-corrected chi connectivity index (χ1v) is 9.52. The first kappa shape index (κ1) is 18.5. The van der Waals surface area contributed by atoms with Crippen LogP contribution in [0.25, 0.3) is 0 Å². The Hall–Kier alpha value is -1.83. The van der Waals surface area contributed by atoms with Gasteiger partial charge >= 0.3 is 0 Å². The summed E-state index contributed by atoms with van der Waals surface area (Å²) in [6, 6.07) is 8.57. The van der Waals surface area contributed by atoms with E-state index in [-0.39, 0.29) is 25.4 Å². The number of anilines is 1. The smallest absolute Gasteiger partial charge is 0.225 e. The van der Waals surface area contributed by atoms with Crippen LogP contribution < -0.4 is 5.32 Å². The largest absolute Gasteiger partial charge is 0.468 e. The Labute approximate surface area is 146 Å². The molecule has 0 aliphatic rings. The number of rotatable bonds is 7. The Morgan fingerprint density at radius 3 is 2.71 bits per heavy atom. The molecule has 0 atom stereocenters. The lowest BCUT2D eigenvalue weighted by molar-refractivity contribution is -0.116.